The van der Waals surface area contributed by atoms with E-state index in [0.717, 1.165) is 10.4 Å². The Bertz CT molecular complexity index is 593. The summed E-state index contributed by atoms with van der Waals surface area (Å²) in [5.41, 5.74) is 4.22. The van der Waals surface area contributed by atoms with E-state index in [4.69, 9.17) is 0 Å². The smallest absolute Gasteiger partial charge is 0.272 e. The maximum absolute atomic E-state index is 10.8. The second kappa shape index (κ2) is 5.42. The molecule has 2 aromatic rings. The van der Waals surface area contributed by atoms with Gasteiger partial charge in [-0.05, 0) is 30.0 Å². The molecule has 92 valence electrons. The van der Waals surface area contributed by atoms with Gasteiger partial charge < -0.3 is 0 Å². The van der Waals surface area contributed by atoms with E-state index in [2.05, 4.69) is 10.5 Å². The van der Waals surface area contributed by atoms with Crippen LogP contribution in [0, 0.1) is 17.0 Å². The van der Waals surface area contributed by atoms with Crippen LogP contribution in [0.3, 0.4) is 0 Å². The van der Waals surface area contributed by atoms with Crippen molar-refractivity contribution in [3.05, 3.63) is 56.3 Å². The molecular weight excluding hydrogens is 250 g/mol. The number of aryl methyl sites for hydroxylation is 1. The number of benzene rings is 1. The zero-order chi connectivity index (χ0) is 13.0. The Hall–Kier alpha value is -2.21. The van der Waals surface area contributed by atoms with Crippen molar-refractivity contribution in [3.63, 3.8) is 0 Å². The Kier molecular flexibility index (Phi) is 3.69. The number of hydrogen-bond donors (Lipinski definition) is 1. The minimum atomic E-state index is -0.436. The number of thiophene rings is 1. The average Bonchev–Trinajstić information content (AvgIpc) is 2.76. The maximum Gasteiger partial charge on any atom is 0.294 e. The number of nitro groups is 1. The molecule has 6 heteroatoms. The molecule has 0 bridgehead atoms. The summed E-state index contributed by atoms with van der Waals surface area (Å²) in [5, 5.41) is 16.8. The van der Waals surface area contributed by atoms with Gasteiger partial charge in [0.15, 0.2) is 0 Å². The summed E-state index contributed by atoms with van der Waals surface area (Å²) in [6.07, 6.45) is 1.66. The van der Waals surface area contributed by atoms with E-state index in [-0.39, 0.29) is 5.69 Å². The molecular formula is C12H11N3O2S. The highest BCUT2D eigenvalue weighted by atomic mass is 32.1. The van der Waals surface area contributed by atoms with Crippen LogP contribution >= 0.6 is 11.3 Å². The van der Waals surface area contributed by atoms with Gasteiger partial charge >= 0.3 is 0 Å². The van der Waals surface area contributed by atoms with Gasteiger partial charge in [-0.1, -0.05) is 12.1 Å². The van der Waals surface area contributed by atoms with Crippen LogP contribution in [-0.4, -0.2) is 11.1 Å². The van der Waals surface area contributed by atoms with Crippen LogP contribution in [0.1, 0.15) is 10.4 Å². The zero-order valence-corrected chi connectivity index (χ0v) is 10.5. The minimum Gasteiger partial charge on any atom is -0.272 e. The Morgan fingerprint density at radius 2 is 2.17 bits per heavy atom. The molecule has 1 aromatic heterocycles. The molecule has 0 aliphatic heterocycles. The largest absolute Gasteiger partial charge is 0.294 e. The summed E-state index contributed by atoms with van der Waals surface area (Å²) >= 11 is 1.57. The Balaban J connectivity index is 2.14. The lowest BCUT2D eigenvalue weighted by Gasteiger charge is -2.00. The van der Waals surface area contributed by atoms with E-state index in [1.165, 1.54) is 6.07 Å². The first-order chi connectivity index (χ1) is 8.68. The average molecular weight is 261 g/mol. The summed E-state index contributed by atoms with van der Waals surface area (Å²) < 4.78 is 0. The maximum atomic E-state index is 10.8. The lowest BCUT2D eigenvalue weighted by Crippen LogP contribution is -1.96. The normalized spacial score (nSPS) is 10.7. The molecule has 18 heavy (non-hydrogen) atoms. The number of nitrogens with zero attached hydrogens (tertiary/aromatic N) is 2. The minimum absolute atomic E-state index is 0.0116. The fourth-order valence-electron chi connectivity index (χ4n) is 1.40. The summed E-state index contributed by atoms with van der Waals surface area (Å²) in [6.45, 7) is 1.99. The van der Waals surface area contributed by atoms with Crippen molar-refractivity contribution in [1.82, 2.24) is 0 Å². The fraction of sp³-hybridized carbons (Fsp3) is 0.0833. The number of anilines is 1. The Morgan fingerprint density at radius 3 is 2.83 bits per heavy atom. The van der Waals surface area contributed by atoms with Crippen molar-refractivity contribution in [2.24, 2.45) is 5.10 Å². The van der Waals surface area contributed by atoms with E-state index in [1.807, 2.05) is 18.4 Å². The molecule has 0 saturated heterocycles. The van der Waals surface area contributed by atoms with Gasteiger partial charge in [0.05, 0.1) is 11.1 Å². The van der Waals surface area contributed by atoms with E-state index in [0.29, 0.717) is 5.69 Å². The highest BCUT2D eigenvalue weighted by molar-refractivity contribution is 7.11. The first-order valence-electron chi connectivity index (χ1n) is 5.25. The van der Waals surface area contributed by atoms with Crippen LogP contribution in [0.4, 0.5) is 11.4 Å². The highest BCUT2D eigenvalue weighted by Gasteiger charge is 2.10. The molecule has 0 aliphatic carbocycles. The molecule has 0 fully saturated rings. The highest BCUT2D eigenvalue weighted by Crippen LogP contribution is 2.23. The van der Waals surface area contributed by atoms with Crippen molar-refractivity contribution >= 4 is 28.9 Å². The molecule has 1 N–H and O–H groups in total. The summed E-state index contributed by atoms with van der Waals surface area (Å²) in [4.78, 5) is 11.4. The molecule has 0 spiro atoms. The Morgan fingerprint density at radius 1 is 1.39 bits per heavy atom. The van der Waals surface area contributed by atoms with Gasteiger partial charge in [0, 0.05) is 10.9 Å². The first kappa shape index (κ1) is 12.3. The lowest BCUT2D eigenvalue weighted by atomic mass is 10.3. The van der Waals surface area contributed by atoms with Crippen LogP contribution in [0.5, 0.6) is 0 Å². The molecule has 1 aromatic carbocycles. The van der Waals surface area contributed by atoms with Crippen molar-refractivity contribution in [2.75, 3.05) is 5.43 Å². The van der Waals surface area contributed by atoms with Crippen molar-refractivity contribution in [1.29, 1.82) is 0 Å². The van der Waals surface area contributed by atoms with Crippen molar-refractivity contribution in [3.8, 4) is 0 Å². The number of hydrazone groups is 1. The van der Waals surface area contributed by atoms with Crippen LogP contribution in [0.15, 0.2) is 40.8 Å². The van der Waals surface area contributed by atoms with E-state index >= 15 is 0 Å². The van der Waals surface area contributed by atoms with Gasteiger partial charge in [-0.25, -0.2) is 0 Å². The molecule has 2 rings (SSSR count). The first-order valence-corrected chi connectivity index (χ1v) is 6.13. The summed E-state index contributed by atoms with van der Waals surface area (Å²) in [7, 11) is 0. The van der Waals surface area contributed by atoms with Gasteiger partial charge in [-0.15, -0.1) is 11.3 Å². The topological polar surface area (TPSA) is 67.5 Å². The molecule has 0 aliphatic rings. The summed E-state index contributed by atoms with van der Waals surface area (Å²) in [5.74, 6) is 0. The Labute approximate surface area is 108 Å². The molecule has 0 saturated carbocycles. The fourth-order valence-corrected chi connectivity index (χ4v) is 2.19. The van der Waals surface area contributed by atoms with Gasteiger partial charge in [-0.3, -0.25) is 15.5 Å². The monoisotopic (exact) mass is 261 g/mol. The summed E-state index contributed by atoms with van der Waals surface area (Å²) in [6, 6.07) is 8.40. The van der Waals surface area contributed by atoms with E-state index in [9.17, 15) is 10.1 Å². The van der Waals surface area contributed by atoms with E-state index < -0.39 is 4.92 Å². The van der Waals surface area contributed by atoms with Crippen LogP contribution in [-0.2, 0) is 0 Å². The number of nitrogens with one attached hydrogen (secondary N) is 1. The van der Waals surface area contributed by atoms with Crippen molar-refractivity contribution in [2.45, 2.75) is 6.92 Å². The number of hydrogen-bond acceptors (Lipinski definition) is 5. The molecule has 1 heterocycles. The third-order valence-corrected chi connectivity index (χ3v) is 3.32. The predicted molar refractivity (Wildman–Crippen MR) is 73.4 cm³/mol. The molecule has 0 radical (unpaired) electrons. The lowest BCUT2D eigenvalue weighted by molar-refractivity contribution is -0.384. The number of rotatable bonds is 4. The third-order valence-electron chi connectivity index (χ3n) is 2.37. The van der Waals surface area contributed by atoms with E-state index in [1.54, 1.807) is 35.8 Å². The van der Waals surface area contributed by atoms with Gasteiger partial charge in [0.1, 0.15) is 5.69 Å². The SMILES string of the molecule is Cc1ccsc1C=NNc1ccccc1[N+](=O)[O-]. The van der Waals surface area contributed by atoms with Gasteiger partial charge in [0.2, 0.25) is 0 Å². The van der Waals surface area contributed by atoms with Gasteiger partial charge in [-0.2, -0.15) is 5.10 Å². The standard InChI is InChI=1S/C12H11N3O2S/c1-9-6-7-18-12(9)8-13-14-10-4-2-3-5-11(10)15(16)17/h2-8,14H,1H3. The van der Waals surface area contributed by atoms with Gasteiger partial charge in [0.25, 0.3) is 5.69 Å². The third kappa shape index (κ3) is 2.72. The number of nitro benzene ring substituents is 1. The molecule has 5 nitrogen and oxygen atoms in total. The zero-order valence-electron chi connectivity index (χ0n) is 9.66. The quantitative estimate of drug-likeness (QED) is 0.521. The second-order valence-electron chi connectivity index (χ2n) is 3.61. The van der Waals surface area contributed by atoms with Crippen molar-refractivity contribution < 1.29 is 4.92 Å². The van der Waals surface area contributed by atoms with Crippen LogP contribution < -0.4 is 5.43 Å². The molecule has 0 atom stereocenters. The number of para-hydroxylation sites is 2. The molecule has 0 unspecified atom stereocenters. The van der Waals surface area contributed by atoms with Crippen LogP contribution in [0.25, 0.3) is 0 Å². The molecule has 0 amide bonds. The second-order valence-corrected chi connectivity index (χ2v) is 4.56. The van der Waals surface area contributed by atoms with Crippen LogP contribution in [0.2, 0.25) is 0 Å². The predicted octanol–water partition coefficient (Wildman–Crippen LogP) is 3.41.